The number of halogens is 2. The SMILES string of the molecule is CCOC(=O)c1cc(-c2ccccc2)sc1NC(=O)COC(=O)Cc1ccc(Cl)c(Cl)c1. The Labute approximate surface area is 199 Å². The van der Waals surface area contributed by atoms with Gasteiger partial charge in [0, 0.05) is 4.88 Å². The molecule has 0 saturated carbocycles. The van der Waals surface area contributed by atoms with Gasteiger partial charge in [0.1, 0.15) is 5.00 Å². The third kappa shape index (κ3) is 6.32. The van der Waals surface area contributed by atoms with E-state index in [-0.39, 0.29) is 18.6 Å². The molecule has 1 heterocycles. The van der Waals surface area contributed by atoms with Crippen molar-refractivity contribution >= 4 is 57.4 Å². The Morgan fingerprint density at radius 3 is 2.41 bits per heavy atom. The summed E-state index contributed by atoms with van der Waals surface area (Å²) in [5, 5.41) is 3.67. The van der Waals surface area contributed by atoms with Crippen LogP contribution in [0.1, 0.15) is 22.8 Å². The third-order valence-electron chi connectivity index (χ3n) is 4.24. The minimum atomic E-state index is -0.597. The first-order valence-electron chi connectivity index (χ1n) is 9.63. The van der Waals surface area contributed by atoms with Crippen molar-refractivity contribution in [2.75, 3.05) is 18.5 Å². The van der Waals surface area contributed by atoms with Gasteiger partial charge in [0.25, 0.3) is 5.91 Å². The summed E-state index contributed by atoms with van der Waals surface area (Å²) in [5.74, 6) is -1.71. The van der Waals surface area contributed by atoms with Crippen LogP contribution < -0.4 is 5.32 Å². The molecule has 1 aromatic heterocycles. The van der Waals surface area contributed by atoms with E-state index in [4.69, 9.17) is 32.7 Å². The zero-order chi connectivity index (χ0) is 23.1. The molecule has 6 nitrogen and oxygen atoms in total. The van der Waals surface area contributed by atoms with E-state index in [1.165, 1.54) is 11.3 Å². The van der Waals surface area contributed by atoms with Crippen LogP contribution in [0, 0.1) is 0 Å². The smallest absolute Gasteiger partial charge is 0.341 e. The normalized spacial score (nSPS) is 10.5. The quantitative estimate of drug-likeness (QED) is 0.413. The van der Waals surface area contributed by atoms with E-state index in [0.717, 1.165) is 10.4 Å². The Morgan fingerprint density at radius 1 is 0.969 bits per heavy atom. The number of hydrogen-bond acceptors (Lipinski definition) is 6. The minimum absolute atomic E-state index is 0.0601. The third-order valence-corrected chi connectivity index (χ3v) is 6.07. The summed E-state index contributed by atoms with van der Waals surface area (Å²) >= 11 is 13.0. The first kappa shape index (κ1) is 23.8. The summed E-state index contributed by atoms with van der Waals surface area (Å²) in [6, 6.07) is 15.9. The average Bonchev–Trinajstić information content (AvgIpc) is 3.19. The van der Waals surface area contributed by atoms with Crippen LogP contribution in [0.3, 0.4) is 0 Å². The number of carbonyl (C=O) groups excluding carboxylic acids is 3. The second-order valence-corrected chi connectivity index (χ2v) is 8.44. The van der Waals surface area contributed by atoms with Crippen molar-refractivity contribution in [3.63, 3.8) is 0 Å². The molecule has 3 rings (SSSR count). The predicted molar refractivity (Wildman–Crippen MR) is 125 cm³/mol. The van der Waals surface area contributed by atoms with E-state index in [2.05, 4.69) is 5.32 Å². The maximum Gasteiger partial charge on any atom is 0.341 e. The van der Waals surface area contributed by atoms with Crippen molar-refractivity contribution in [3.8, 4) is 10.4 Å². The molecule has 0 spiro atoms. The molecule has 0 unspecified atom stereocenters. The van der Waals surface area contributed by atoms with Crippen molar-refractivity contribution in [1.29, 1.82) is 0 Å². The molecule has 2 aromatic carbocycles. The first-order valence-corrected chi connectivity index (χ1v) is 11.2. The second-order valence-electron chi connectivity index (χ2n) is 6.57. The van der Waals surface area contributed by atoms with Crippen LogP contribution in [0.4, 0.5) is 5.00 Å². The number of hydrogen-bond donors (Lipinski definition) is 1. The molecule has 9 heteroatoms. The van der Waals surface area contributed by atoms with Crippen LogP contribution in [0.15, 0.2) is 54.6 Å². The van der Waals surface area contributed by atoms with Crippen molar-refractivity contribution < 1.29 is 23.9 Å². The molecule has 0 aliphatic rings. The number of amides is 1. The van der Waals surface area contributed by atoms with Gasteiger partial charge in [0.15, 0.2) is 6.61 Å². The van der Waals surface area contributed by atoms with Gasteiger partial charge in [-0.05, 0) is 36.2 Å². The van der Waals surface area contributed by atoms with Gasteiger partial charge in [-0.3, -0.25) is 9.59 Å². The first-order chi connectivity index (χ1) is 15.4. The predicted octanol–water partition coefficient (Wildman–Crippen LogP) is 5.62. The van der Waals surface area contributed by atoms with Gasteiger partial charge in [-0.2, -0.15) is 0 Å². The maximum absolute atomic E-state index is 12.4. The Bertz CT molecular complexity index is 1130. The minimum Gasteiger partial charge on any atom is -0.462 e. The molecule has 32 heavy (non-hydrogen) atoms. The number of benzene rings is 2. The fourth-order valence-electron chi connectivity index (χ4n) is 2.77. The van der Waals surface area contributed by atoms with E-state index in [9.17, 15) is 14.4 Å². The van der Waals surface area contributed by atoms with Crippen LogP contribution in [0.25, 0.3) is 10.4 Å². The fourth-order valence-corrected chi connectivity index (χ4v) is 4.15. The average molecular weight is 492 g/mol. The van der Waals surface area contributed by atoms with Gasteiger partial charge in [-0.25, -0.2) is 4.79 Å². The molecule has 3 aromatic rings. The van der Waals surface area contributed by atoms with E-state index in [1.54, 1.807) is 31.2 Å². The largest absolute Gasteiger partial charge is 0.462 e. The van der Waals surface area contributed by atoms with Crippen molar-refractivity contribution in [2.24, 2.45) is 0 Å². The topological polar surface area (TPSA) is 81.7 Å². The number of nitrogens with one attached hydrogen (secondary N) is 1. The summed E-state index contributed by atoms with van der Waals surface area (Å²) in [7, 11) is 0. The summed E-state index contributed by atoms with van der Waals surface area (Å²) in [4.78, 5) is 37.6. The molecule has 1 N–H and O–H groups in total. The molecule has 0 radical (unpaired) electrons. The summed E-state index contributed by atoms with van der Waals surface area (Å²) in [5.41, 5.74) is 1.75. The standard InChI is InChI=1S/C23H19Cl2NO5S/c1-2-30-23(29)16-12-19(15-6-4-3-5-7-15)32-22(16)26-20(27)13-31-21(28)11-14-8-9-17(24)18(25)10-14/h3-10,12H,2,11,13H2,1H3,(H,26,27). The van der Waals surface area contributed by atoms with Gasteiger partial charge >= 0.3 is 11.9 Å². The highest BCUT2D eigenvalue weighted by atomic mass is 35.5. The van der Waals surface area contributed by atoms with Crippen molar-refractivity contribution in [3.05, 3.63) is 75.8 Å². The summed E-state index contributed by atoms with van der Waals surface area (Å²) in [6.45, 7) is 1.41. The molecule has 0 saturated heterocycles. The second kappa shape index (κ2) is 11.1. The van der Waals surface area contributed by atoms with Gasteiger partial charge in [0.2, 0.25) is 0 Å². The van der Waals surface area contributed by atoms with Crippen LogP contribution in [0.5, 0.6) is 0 Å². The number of thiophene rings is 1. The van der Waals surface area contributed by atoms with Crippen LogP contribution in [-0.4, -0.2) is 31.1 Å². The molecular weight excluding hydrogens is 473 g/mol. The molecule has 0 aliphatic heterocycles. The Morgan fingerprint density at radius 2 is 1.72 bits per heavy atom. The lowest BCUT2D eigenvalue weighted by molar-refractivity contribution is -0.146. The van der Waals surface area contributed by atoms with Crippen LogP contribution in [0.2, 0.25) is 10.0 Å². The summed E-state index contributed by atoms with van der Waals surface area (Å²) in [6.07, 6.45) is -0.0601. The van der Waals surface area contributed by atoms with Gasteiger partial charge < -0.3 is 14.8 Å². The molecule has 0 aliphatic carbocycles. The molecule has 0 bridgehead atoms. The highest BCUT2D eigenvalue weighted by molar-refractivity contribution is 7.20. The van der Waals surface area contributed by atoms with Crippen LogP contribution >= 0.6 is 34.5 Å². The van der Waals surface area contributed by atoms with E-state index in [1.807, 2.05) is 30.3 Å². The van der Waals surface area contributed by atoms with Gasteiger partial charge in [-0.1, -0.05) is 59.6 Å². The van der Waals surface area contributed by atoms with Crippen molar-refractivity contribution in [2.45, 2.75) is 13.3 Å². The highest BCUT2D eigenvalue weighted by Gasteiger charge is 2.20. The number of ether oxygens (including phenoxy) is 2. The Balaban J connectivity index is 1.65. The number of rotatable bonds is 8. The summed E-state index contributed by atoms with van der Waals surface area (Å²) < 4.78 is 10.1. The number of anilines is 1. The monoisotopic (exact) mass is 491 g/mol. The fraction of sp³-hybridized carbons (Fsp3) is 0.174. The lowest BCUT2D eigenvalue weighted by atomic mass is 10.1. The molecule has 1 amide bonds. The van der Waals surface area contributed by atoms with E-state index in [0.29, 0.717) is 20.6 Å². The molecule has 0 atom stereocenters. The lowest BCUT2D eigenvalue weighted by Gasteiger charge is -2.07. The highest BCUT2D eigenvalue weighted by Crippen LogP contribution is 2.36. The number of carbonyl (C=O) groups is 3. The Kier molecular flexibility index (Phi) is 8.27. The van der Waals surface area contributed by atoms with Gasteiger partial charge in [0.05, 0.1) is 28.6 Å². The molecule has 166 valence electrons. The zero-order valence-electron chi connectivity index (χ0n) is 17.0. The molecular formula is C23H19Cl2NO5S. The number of esters is 2. The lowest BCUT2D eigenvalue weighted by Crippen LogP contribution is -2.22. The Hall–Kier alpha value is -2.87. The zero-order valence-corrected chi connectivity index (χ0v) is 19.4. The molecule has 0 fully saturated rings. The van der Waals surface area contributed by atoms with Crippen LogP contribution in [-0.2, 0) is 25.5 Å². The van der Waals surface area contributed by atoms with E-state index >= 15 is 0 Å². The van der Waals surface area contributed by atoms with Gasteiger partial charge in [-0.15, -0.1) is 11.3 Å². The van der Waals surface area contributed by atoms with E-state index < -0.39 is 24.5 Å². The maximum atomic E-state index is 12.4. The van der Waals surface area contributed by atoms with Crippen molar-refractivity contribution in [1.82, 2.24) is 0 Å².